The Balaban J connectivity index is 0.00000200. The molecule has 1 aromatic rings. The first-order valence-corrected chi connectivity index (χ1v) is 7.10. The van der Waals surface area contributed by atoms with Gasteiger partial charge in [0.1, 0.15) is 0 Å². The molecule has 0 radical (unpaired) electrons. The van der Waals surface area contributed by atoms with Gasteiger partial charge in [-0.25, -0.2) is 0 Å². The van der Waals surface area contributed by atoms with Crippen molar-refractivity contribution in [2.75, 3.05) is 39.3 Å². The van der Waals surface area contributed by atoms with Gasteiger partial charge in [0.05, 0.1) is 0 Å². The van der Waals surface area contributed by atoms with Gasteiger partial charge in [0.25, 0.3) is 5.91 Å². The van der Waals surface area contributed by atoms with Gasteiger partial charge in [0.15, 0.2) is 0 Å². The number of hydrogen-bond donors (Lipinski definition) is 2. The van der Waals surface area contributed by atoms with Crippen molar-refractivity contribution in [1.82, 2.24) is 15.5 Å². The topological polar surface area (TPSA) is 44.4 Å². The summed E-state index contributed by atoms with van der Waals surface area (Å²) in [6.45, 7) is 6.10. The molecule has 1 aliphatic heterocycles. The monoisotopic (exact) mass is 317 g/mol. The number of carbonyl (C=O) groups excluding carboxylic acids is 1. The molecule has 112 valence electrons. The molecular formula is C14H21Cl2N3O. The third-order valence-electron chi connectivity index (χ3n) is 3.25. The maximum Gasteiger partial charge on any atom is 0.251 e. The summed E-state index contributed by atoms with van der Waals surface area (Å²) in [5.41, 5.74) is 0.659. The first kappa shape index (κ1) is 17.2. The van der Waals surface area contributed by atoms with Crippen LogP contribution in [0.1, 0.15) is 16.8 Å². The van der Waals surface area contributed by atoms with Gasteiger partial charge in [0.2, 0.25) is 0 Å². The zero-order valence-corrected chi connectivity index (χ0v) is 13.0. The highest BCUT2D eigenvalue weighted by Crippen LogP contribution is 2.09. The minimum Gasteiger partial charge on any atom is -0.352 e. The van der Waals surface area contributed by atoms with Gasteiger partial charge in [-0.2, -0.15) is 0 Å². The van der Waals surface area contributed by atoms with E-state index in [9.17, 15) is 4.79 Å². The summed E-state index contributed by atoms with van der Waals surface area (Å²) in [6, 6.07) is 6.95. The molecule has 20 heavy (non-hydrogen) atoms. The molecule has 0 atom stereocenters. The van der Waals surface area contributed by atoms with Gasteiger partial charge in [-0.15, -0.1) is 12.4 Å². The summed E-state index contributed by atoms with van der Waals surface area (Å²) >= 11 is 5.79. The van der Waals surface area contributed by atoms with Crippen molar-refractivity contribution in [3.05, 3.63) is 34.9 Å². The molecule has 0 aliphatic carbocycles. The normalized spacial score (nSPS) is 15.4. The summed E-state index contributed by atoms with van der Waals surface area (Å²) in [4.78, 5) is 14.3. The predicted molar refractivity (Wildman–Crippen MR) is 85.0 cm³/mol. The molecular weight excluding hydrogens is 297 g/mol. The summed E-state index contributed by atoms with van der Waals surface area (Å²) < 4.78 is 0. The number of nitrogens with zero attached hydrogens (tertiary/aromatic N) is 1. The van der Waals surface area contributed by atoms with Crippen LogP contribution in [0.5, 0.6) is 0 Å². The van der Waals surface area contributed by atoms with Crippen LogP contribution >= 0.6 is 24.0 Å². The van der Waals surface area contributed by atoms with E-state index in [0.717, 1.165) is 39.1 Å². The summed E-state index contributed by atoms with van der Waals surface area (Å²) in [5.74, 6) is -0.0306. The van der Waals surface area contributed by atoms with Crippen LogP contribution in [0.4, 0.5) is 0 Å². The highest BCUT2D eigenvalue weighted by atomic mass is 35.5. The first-order valence-electron chi connectivity index (χ1n) is 6.72. The molecule has 0 spiro atoms. The number of carbonyl (C=O) groups is 1. The molecule has 0 bridgehead atoms. The van der Waals surface area contributed by atoms with E-state index in [0.29, 0.717) is 17.1 Å². The largest absolute Gasteiger partial charge is 0.352 e. The molecule has 0 aromatic heterocycles. The van der Waals surface area contributed by atoms with Crippen molar-refractivity contribution in [1.29, 1.82) is 0 Å². The van der Waals surface area contributed by atoms with Crippen molar-refractivity contribution < 1.29 is 4.79 Å². The van der Waals surface area contributed by atoms with Crippen LogP contribution in [0.3, 0.4) is 0 Å². The van der Waals surface area contributed by atoms with E-state index in [-0.39, 0.29) is 18.3 Å². The third kappa shape index (κ3) is 5.67. The van der Waals surface area contributed by atoms with Gasteiger partial charge in [-0.3, -0.25) is 4.79 Å². The van der Waals surface area contributed by atoms with Crippen LogP contribution in [-0.4, -0.2) is 50.1 Å². The Morgan fingerprint density at radius 2 is 1.90 bits per heavy atom. The summed E-state index contributed by atoms with van der Waals surface area (Å²) in [7, 11) is 0. The highest BCUT2D eigenvalue weighted by molar-refractivity contribution is 6.30. The van der Waals surface area contributed by atoms with Crippen LogP contribution in [0.15, 0.2) is 24.3 Å². The lowest BCUT2D eigenvalue weighted by Gasteiger charge is -2.27. The zero-order chi connectivity index (χ0) is 13.5. The number of amides is 1. The van der Waals surface area contributed by atoms with E-state index in [1.54, 1.807) is 24.3 Å². The number of halogens is 2. The Bertz CT molecular complexity index is 405. The van der Waals surface area contributed by atoms with E-state index >= 15 is 0 Å². The third-order valence-corrected chi connectivity index (χ3v) is 3.50. The lowest BCUT2D eigenvalue weighted by atomic mass is 10.2. The number of rotatable bonds is 5. The van der Waals surface area contributed by atoms with Crippen LogP contribution in [0.25, 0.3) is 0 Å². The fraction of sp³-hybridized carbons (Fsp3) is 0.500. The van der Waals surface area contributed by atoms with Crippen molar-refractivity contribution in [3.63, 3.8) is 0 Å². The van der Waals surface area contributed by atoms with E-state index in [2.05, 4.69) is 15.5 Å². The molecule has 6 heteroatoms. The van der Waals surface area contributed by atoms with Crippen LogP contribution < -0.4 is 10.6 Å². The molecule has 4 nitrogen and oxygen atoms in total. The van der Waals surface area contributed by atoms with Crippen LogP contribution in [0.2, 0.25) is 5.02 Å². The standard InChI is InChI=1S/C14H20ClN3O.ClH/c15-13-4-2-12(3-5-13)14(19)17-6-1-9-18-10-7-16-8-11-18;/h2-5,16H,1,6-11H2,(H,17,19);1H. The first-order chi connectivity index (χ1) is 9.25. The molecule has 0 unspecified atom stereocenters. The van der Waals surface area contributed by atoms with Crippen molar-refractivity contribution in [2.24, 2.45) is 0 Å². The number of nitrogens with one attached hydrogen (secondary N) is 2. The Hall–Kier alpha value is -0.810. The second-order valence-electron chi connectivity index (χ2n) is 4.71. The van der Waals surface area contributed by atoms with Gasteiger partial charge in [-0.05, 0) is 37.2 Å². The summed E-state index contributed by atoms with van der Waals surface area (Å²) in [6.07, 6.45) is 0.985. The summed E-state index contributed by atoms with van der Waals surface area (Å²) in [5, 5.41) is 6.91. The number of piperazine rings is 1. The van der Waals surface area contributed by atoms with E-state index < -0.39 is 0 Å². The highest BCUT2D eigenvalue weighted by Gasteiger charge is 2.09. The lowest BCUT2D eigenvalue weighted by Crippen LogP contribution is -2.44. The molecule has 1 heterocycles. The molecule has 1 aromatic carbocycles. The Kier molecular flexibility index (Phi) is 7.92. The average Bonchev–Trinajstić information content (AvgIpc) is 2.45. The second kappa shape index (κ2) is 9.19. The molecule has 1 aliphatic rings. The minimum absolute atomic E-state index is 0. The van der Waals surface area contributed by atoms with Crippen LogP contribution in [-0.2, 0) is 0 Å². The zero-order valence-electron chi connectivity index (χ0n) is 11.4. The smallest absolute Gasteiger partial charge is 0.251 e. The predicted octanol–water partition coefficient (Wildman–Crippen LogP) is 1.79. The molecule has 1 saturated heterocycles. The molecule has 0 saturated carbocycles. The fourth-order valence-electron chi connectivity index (χ4n) is 2.14. The molecule has 1 fully saturated rings. The quantitative estimate of drug-likeness (QED) is 0.814. The second-order valence-corrected chi connectivity index (χ2v) is 5.14. The molecule has 2 N–H and O–H groups in total. The Labute approximate surface area is 131 Å². The van der Waals surface area contributed by atoms with Crippen molar-refractivity contribution in [2.45, 2.75) is 6.42 Å². The number of benzene rings is 1. The van der Waals surface area contributed by atoms with Crippen molar-refractivity contribution >= 4 is 29.9 Å². The van der Waals surface area contributed by atoms with Gasteiger partial charge in [0, 0.05) is 43.3 Å². The molecule has 1 amide bonds. The average molecular weight is 318 g/mol. The number of hydrogen-bond acceptors (Lipinski definition) is 3. The van der Waals surface area contributed by atoms with E-state index in [1.807, 2.05) is 0 Å². The lowest BCUT2D eigenvalue weighted by molar-refractivity contribution is 0.0951. The maximum absolute atomic E-state index is 11.8. The van der Waals surface area contributed by atoms with E-state index in [4.69, 9.17) is 11.6 Å². The molecule has 2 rings (SSSR count). The van der Waals surface area contributed by atoms with E-state index in [1.165, 1.54) is 0 Å². The fourth-order valence-corrected chi connectivity index (χ4v) is 2.27. The maximum atomic E-state index is 11.8. The Morgan fingerprint density at radius 1 is 1.25 bits per heavy atom. The van der Waals surface area contributed by atoms with Crippen LogP contribution in [0, 0.1) is 0 Å². The van der Waals surface area contributed by atoms with Gasteiger partial charge >= 0.3 is 0 Å². The Morgan fingerprint density at radius 3 is 2.55 bits per heavy atom. The van der Waals surface area contributed by atoms with Gasteiger partial charge < -0.3 is 15.5 Å². The SMILES string of the molecule is Cl.O=C(NCCCN1CCNCC1)c1ccc(Cl)cc1. The minimum atomic E-state index is -0.0306. The van der Waals surface area contributed by atoms with Crippen molar-refractivity contribution in [3.8, 4) is 0 Å². The van der Waals surface area contributed by atoms with Gasteiger partial charge in [-0.1, -0.05) is 11.6 Å².